The van der Waals surface area contributed by atoms with E-state index in [0.29, 0.717) is 5.02 Å². The molecule has 2 aromatic carbocycles. The minimum absolute atomic E-state index is 0.416. The number of carbonyl (C=O) groups excluding carboxylic acids is 1. The van der Waals surface area contributed by atoms with Crippen molar-refractivity contribution in [2.75, 3.05) is 0 Å². The molecule has 0 radical (unpaired) electrons. The van der Waals surface area contributed by atoms with E-state index in [-0.39, 0.29) is 0 Å². The molecule has 2 aromatic rings. The van der Waals surface area contributed by atoms with E-state index in [9.17, 15) is 13.6 Å². The van der Waals surface area contributed by atoms with E-state index >= 15 is 0 Å². The van der Waals surface area contributed by atoms with Gasteiger partial charge in [0.2, 0.25) is 0 Å². The summed E-state index contributed by atoms with van der Waals surface area (Å²) >= 11 is 5.86. The molecule has 1 unspecified atom stereocenters. The molecule has 0 saturated heterocycles. The molecule has 20 heavy (non-hydrogen) atoms. The van der Waals surface area contributed by atoms with Crippen LogP contribution in [0.3, 0.4) is 0 Å². The molecular formula is C15H12ClF2NO. The summed E-state index contributed by atoms with van der Waals surface area (Å²) in [4.78, 5) is 11.9. The largest absolute Gasteiger partial charge is 0.345 e. The maximum Gasteiger partial charge on any atom is 0.257 e. The summed E-state index contributed by atoms with van der Waals surface area (Å²) in [7, 11) is 0. The van der Waals surface area contributed by atoms with Gasteiger partial charge < -0.3 is 5.32 Å². The number of halogens is 3. The molecule has 1 amide bonds. The Balaban J connectivity index is 2.20. The molecule has 104 valence electrons. The highest BCUT2D eigenvalue weighted by Gasteiger charge is 2.19. The van der Waals surface area contributed by atoms with E-state index in [1.165, 1.54) is 6.07 Å². The van der Waals surface area contributed by atoms with Gasteiger partial charge in [-0.2, -0.15) is 0 Å². The Morgan fingerprint density at radius 2 is 1.75 bits per heavy atom. The average Bonchev–Trinajstić information content (AvgIpc) is 2.38. The van der Waals surface area contributed by atoms with Crippen LogP contribution in [0.25, 0.3) is 0 Å². The molecule has 0 aliphatic heterocycles. The third kappa shape index (κ3) is 3.14. The zero-order valence-corrected chi connectivity index (χ0v) is 11.4. The van der Waals surface area contributed by atoms with Crippen molar-refractivity contribution in [3.63, 3.8) is 0 Å². The molecule has 2 rings (SSSR count). The number of benzene rings is 2. The molecule has 0 aliphatic carbocycles. The third-order valence-electron chi connectivity index (χ3n) is 2.89. The van der Waals surface area contributed by atoms with Gasteiger partial charge in [-0.1, -0.05) is 29.8 Å². The van der Waals surface area contributed by atoms with Crippen LogP contribution in [0.2, 0.25) is 5.02 Å². The van der Waals surface area contributed by atoms with Crippen molar-refractivity contribution in [2.45, 2.75) is 13.0 Å². The van der Waals surface area contributed by atoms with Crippen molar-refractivity contribution in [3.05, 3.63) is 70.2 Å². The van der Waals surface area contributed by atoms with E-state index in [2.05, 4.69) is 5.32 Å². The van der Waals surface area contributed by atoms with Gasteiger partial charge in [0.1, 0.15) is 17.2 Å². The standard InChI is InChI=1S/C15H12ClF2NO/c1-9(10-4-2-5-11(16)8-10)19-15(20)14-12(17)6-3-7-13(14)18/h2-9H,1H3,(H,19,20). The van der Waals surface area contributed by atoms with Crippen LogP contribution in [0.5, 0.6) is 0 Å². The van der Waals surface area contributed by atoms with Crippen molar-refractivity contribution < 1.29 is 13.6 Å². The fraction of sp³-hybridized carbons (Fsp3) is 0.133. The zero-order chi connectivity index (χ0) is 14.7. The summed E-state index contributed by atoms with van der Waals surface area (Å²) in [5.74, 6) is -2.57. The van der Waals surface area contributed by atoms with Crippen LogP contribution >= 0.6 is 11.6 Å². The fourth-order valence-corrected chi connectivity index (χ4v) is 2.04. The topological polar surface area (TPSA) is 29.1 Å². The highest BCUT2D eigenvalue weighted by atomic mass is 35.5. The van der Waals surface area contributed by atoms with Crippen LogP contribution in [-0.2, 0) is 0 Å². The second-order valence-electron chi connectivity index (χ2n) is 4.35. The molecule has 0 heterocycles. The first-order chi connectivity index (χ1) is 9.49. The molecule has 0 saturated carbocycles. The van der Waals surface area contributed by atoms with Gasteiger partial charge in [0.05, 0.1) is 6.04 Å². The molecule has 0 fully saturated rings. The second-order valence-corrected chi connectivity index (χ2v) is 4.78. The highest BCUT2D eigenvalue weighted by molar-refractivity contribution is 6.30. The smallest absolute Gasteiger partial charge is 0.257 e. The Morgan fingerprint density at radius 3 is 2.35 bits per heavy atom. The van der Waals surface area contributed by atoms with E-state index in [1.807, 2.05) is 0 Å². The summed E-state index contributed by atoms with van der Waals surface area (Å²) in [6, 6.07) is 9.78. The van der Waals surface area contributed by atoms with Gasteiger partial charge in [0.25, 0.3) is 5.91 Å². The Kier molecular flexibility index (Phi) is 4.35. The maximum absolute atomic E-state index is 13.5. The number of carbonyl (C=O) groups is 1. The normalized spacial score (nSPS) is 12.0. The van der Waals surface area contributed by atoms with Crippen molar-refractivity contribution in [1.82, 2.24) is 5.32 Å². The van der Waals surface area contributed by atoms with E-state index in [1.54, 1.807) is 31.2 Å². The fourth-order valence-electron chi connectivity index (χ4n) is 1.84. The van der Waals surface area contributed by atoms with E-state index in [4.69, 9.17) is 11.6 Å². The van der Waals surface area contributed by atoms with Gasteiger partial charge >= 0.3 is 0 Å². The number of rotatable bonds is 3. The monoisotopic (exact) mass is 295 g/mol. The van der Waals surface area contributed by atoms with Crippen molar-refractivity contribution in [2.24, 2.45) is 0 Å². The maximum atomic E-state index is 13.5. The quantitative estimate of drug-likeness (QED) is 0.907. The Labute approximate surface area is 120 Å². The van der Waals surface area contributed by atoms with Gasteiger partial charge in [0.15, 0.2) is 0 Å². The predicted molar refractivity (Wildman–Crippen MR) is 73.7 cm³/mol. The number of hydrogen-bond donors (Lipinski definition) is 1. The summed E-state index contributed by atoms with van der Waals surface area (Å²) in [5, 5.41) is 3.07. The minimum atomic E-state index is -0.888. The third-order valence-corrected chi connectivity index (χ3v) is 3.12. The lowest BCUT2D eigenvalue weighted by Crippen LogP contribution is -2.28. The van der Waals surface area contributed by atoms with Crippen molar-refractivity contribution in [3.8, 4) is 0 Å². The van der Waals surface area contributed by atoms with Crippen LogP contribution in [0, 0.1) is 11.6 Å². The molecule has 0 bridgehead atoms. The predicted octanol–water partition coefficient (Wildman–Crippen LogP) is 4.11. The molecule has 0 spiro atoms. The average molecular weight is 296 g/mol. The SMILES string of the molecule is CC(NC(=O)c1c(F)cccc1F)c1cccc(Cl)c1. The number of amides is 1. The Hall–Kier alpha value is -1.94. The van der Waals surface area contributed by atoms with E-state index < -0.39 is 29.1 Å². The molecule has 2 nitrogen and oxygen atoms in total. The van der Waals surface area contributed by atoms with Crippen LogP contribution in [0.1, 0.15) is 28.9 Å². The lowest BCUT2D eigenvalue weighted by atomic mass is 10.1. The first kappa shape index (κ1) is 14.5. The summed E-state index contributed by atoms with van der Waals surface area (Å²) in [6.45, 7) is 1.71. The van der Waals surface area contributed by atoms with Gasteiger partial charge in [-0.05, 0) is 36.8 Å². The number of hydrogen-bond acceptors (Lipinski definition) is 1. The van der Waals surface area contributed by atoms with Gasteiger partial charge in [0, 0.05) is 5.02 Å². The molecule has 5 heteroatoms. The molecule has 1 N–H and O–H groups in total. The Bertz CT molecular complexity index is 625. The minimum Gasteiger partial charge on any atom is -0.345 e. The molecule has 0 aliphatic rings. The first-order valence-electron chi connectivity index (χ1n) is 5.99. The first-order valence-corrected chi connectivity index (χ1v) is 6.37. The lowest BCUT2D eigenvalue weighted by molar-refractivity contribution is 0.0931. The zero-order valence-electron chi connectivity index (χ0n) is 10.7. The molecule has 0 aromatic heterocycles. The Morgan fingerprint density at radius 1 is 1.15 bits per heavy atom. The van der Waals surface area contributed by atoms with Crippen molar-refractivity contribution >= 4 is 17.5 Å². The van der Waals surface area contributed by atoms with E-state index in [0.717, 1.165) is 17.7 Å². The van der Waals surface area contributed by atoms with Gasteiger partial charge in [-0.15, -0.1) is 0 Å². The van der Waals surface area contributed by atoms with Gasteiger partial charge in [-0.25, -0.2) is 8.78 Å². The summed E-state index contributed by atoms with van der Waals surface area (Å²) < 4.78 is 27.0. The van der Waals surface area contributed by atoms with Crippen LogP contribution < -0.4 is 5.32 Å². The number of nitrogens with one attached hydrogen (secondary N) is 1. The van der Waals surface area contributed by atoms with Crippen LogP contribution in [-0.4, -0.2) is 5.91 Å². The molecular weight excluding hydrogens is 284 g/mol. The van der Waals surface area contributed by atoms with Crippen molar-refractivity contribution in [1.29, 1.82) is 0 Å². The lowest BCUT2D eigenvalue weighted by Gasteiger charge is -2.15. The molecule has 1 atom stereocenters. The highest BCUT2D eigenvalue weighted by Crippen LogP contribution is 2.19. The van der Waals surface area contributed by atoms with Gasteiger partial charge in [-0.3, -0.25) is 4.79 Å². The summed E-state index contributed by atoms with van der Waals surface area (Å²) in [6.07, 6.45) is 0. The van der Waals surface area contributed by atoms with Crippen LogP contribution in [0.15, 0.2) is 42.5 Å². The second kappa shape index (κ2) is 6.01. The van der Waals surface area contributed by atoms with Crippen LogP contribution in [0.4, 0.5) is 8.78 Å². The summed E-state index contributed by atoms with van der Waals surface area (Å²) in [5.41, 5.74) is 0.170.